The molecule has 6 nitrogen and oxygen atoms in total. The second kappa shape index (κ2) is 9.95. The number of hydrogen-bond donors (Lipinski definition) is 2. The summed E-state index contributed by atoms with van der Waals surface area (Å²) in [6.45, 7) is 4.69. The van der Waals surface area contributed by atoms with Crippen molar-refractivity contribution in [2.24, 2.45) is 0 Å². The molecule has 0 radical (unpaired) electrons. The molecule has 33 heavy (non-hydrogen) atoms. The number of nitrogens with two attached hydrogens (primary N) is 1. The van der Waals surface area contributed by atoms with Crippen LogP contribution in [0.25, 0.3) is 11.1 Å². The van der Waals surface area contributed by atoms with E-state index in [0.29, 0.717) is 35.0 Å². The first kappa shape index (κ1) is 23.3. The van der Waals surface area contributed by atoms with Gasteiger partial charge in [-0.05, 0) is 42.8 Å². The molecule has 2 aromatic carbocycles. The third-order valence-electron chi connectivity index (χ3n) is 5.54. The lowest BCUT2D eigenvalue weighted by molar-refractivity contribution is 0.0736. The van der Waals surface area contributed by atoms with Crippen LogP contribution in [0.5, 0.6) is 5.75 Å². The Hall–Kier alpha value is -2.87. The van der Waals surface area contributed by atoms with E-state index in [1.807, 2.05) is 17.0 Å². The van der Waals surface area contributed by atoms with Crippen molar-refractivity contribution in [2.45, 2.75) is 13.0 Å². The van der Waals surface area contributed by atoms with Crippen molar-refractivity contribution < 1.29 is 13.9 Å². The number of carbonyl (C=O) groups is 1. The Morgan fingerprint density at radius 3 is 2.55 bits per heavy atom. The zero-order valence-corrected chi connectivity index (χ0v) is 19.5. The predicted octanol–water partition coefficient (Wildman–Crippen LogP) is 4.96. The number of aromatic nitrogens is 1. The van der Waals surface area contributed by atoms with Gasteiger partial charge in [0.05, 0.1) is 5.02 Å². The van der Waals surface area contributed by atoms with Gasteiger partial charge in [-0.2, -0.15) is 0 Å². The Morgan fingerprint density at radius 2 is 1.85 bits per heavy atom. The van der Waals surface area contributed by atoms with E-state index in [2.05, 4.69) is 10.3 Å². The van der Waals surface area contributed by atoms with Gasteiger partial charge in [-0.3, -0.25) is 4.79 Å². The van der Waals surface area contributed by atoms with Crippen LogP contribution in [0.15, 0.2) is 48.7 Å². The lowest BCUT2D eigenvalue weighted by Gasteiger charge is -2.27. The zero-order valence-electron chi connectivity index (χ0n) is 17.9. The zero-order chi connectivity index (χ0) is 23.5. The highest BCUT2D eigenvalue weighted by molar-refractivity contribution is 6.36. The van der Waals surface area contributed by atoms with Crippen LogP contribution in [-0.4, -0.2) is 42.0 Å². The molecule has 4 rings (SSSR count). The molecular formula is C24H23Cl2FN4O2. The molecule has 0 unspecified atom stereocenters. The number of anilines is 1. The smallest absolute Gasteiger partial charge is 0.253 e. The number of pyridine rings is 1. The number of nitrogens with zero attached hydrogens (tertiary/aromatic N) is 2. The van der Waals surface area contributed by atoms with Crippen molar-refractivity contribution in [1.82, 2.24) is 15.2 Å². The second-order valence-corrected chi connectivity index (χ2v) is 8.53. The summed E-state index contributed by atoms with van der Waals surface area (Å²) in [5.74, 6) is -0.0703. The SMILES string of the molecule is C[C@@H](Oc1cc(-c2ccc(C(=O)N3CCNCC3)cc2)cnc1N)c1c(Cl)ccc(F)c1Cl. The number of halogens is 3. The van der Waals surface area contributed by atoms with Crippen LogP contribution in [-0.2, 0) is 0 Å². The standard InChI is InChI=1S/C24H23Cl2FN4O2/c1-14(21-18(25)6-7-19(27)22(21)26)33-20-12-17(13-30-23(20)28)15-2-4-16(5-3-15)24(32)31-10-8-29-9-11-31/h2-7,12-14,29H,8-11H2,1H3,(H2,28,30)/t14-/m1/s1. The topological polar surface area (TPSA) is 80.5 Å². The molecule has 0 spiro atoms. The summed E-state index contributed by atoms with van der Waals surface area (Å²) in [6, 6.07) is 11.7. The number of rotatable bonds is 5. The Balaban J connectivity index is 1.55. The average molecular weight is 489 g/mol. The molecular weight excluding hydrogens is 466 g/mol. The van der Waals surface area contributed by atoms with Crippen molar-refractivity contribution in [1.29, 1.82) is 0 Å². The number of amides is 1. The predicted molar refractivity (Wildman–Crippen MR) is 128 cm³/mol. The summed E-state index contributed by atoms with van der Waals surface area (Å²) in [7, 11) is 0. The van der Waals surface area contributed by atoms with E-state index in [1.165, 1.54) is 12.1 Å². The van der Waals surface area contributed by atoms with E-state index in [0.717, 1.165) is 24.2 Å². The highest BCUT2D eigenvalue weighted by atomic mass is 35.5. The lowest BCUT2D eigenvalue weighted by Crippen LogP contribution is -2.46. The molecule has 0 aliphatic carbocycles. The van der Waals surface area contributed by atoms with E-state index >= 15 is 0 Å². The number of carbonyl (C=O) groups excluding carboxylic acids is 1. The quantitative estimate of drug-likeness (QED) is 0.496. The first-order chi connectivity index (χ1) is 15.8. The highest BCUT2D eigenvalue weighted by Gasteiger charge is 2.21. The van der Waals surface area contributed by atoms with E-state index in [9.17, 15) is 9.18 Å². The van der Waals surface area contributed by atoms with Crippen molar-refractivity contribution in [3.8, 4) is 16.9 Å². The minimum atomic E-state index is -0.668. The number of nitrogens with one attached hydrogen (secondary N) is 1. The molecule has 0 saturated carbocycles. The summed E-state index contributed by atoms with van der Waals surface area (Å²) in [6.07, 6.45) is 0.960. The maximum atomic E-state index is 13.9. The minimum absolute atomic E-state index is 0.0141. The van der Waals surface area contributed by atoms with Crippen LogP contribution in [0.1, 0.15) is 28.9 Å². The molecule has 1 amide bonds. The molecule has 1 aliphatic heterocycles. The number of piperazine rings is 1. The minimum Gasteiger partial charge on any atom is -0.482 e. The van der Waals surface area contributed by atoms with Crippen LogP contribution >= 0.6 is 23.2 Å². The van der Waals surface area contributed by atoms with E-state index < -0.39 is 11.9 Å². The highest BCUT2D eigenvalue weighted by Crippen LogP contribution is 2.37. The lowest BCUT2D eigenvalue weighted by atomic mass is 10.0. The third kappa shape index (κ3) is 5.05. The molecule has 172 valence electrons. The fraction of sp³-hybridized carbons (Fsp3) is 0.250. The maximum absolute atomic E-state index is 13.9. The summed E-state index contributed by atoms with van der Waals surface area (Å²) < 4.78 is 19.9. The van der Waals surface area contributed by atoms with Gasteiger partial charge in [0, 0.05) is 54.1 Å². The van der Waals surface area contributed by atoms with Crippen molar-refractivity contribution >= 4 is 34.9 Å². The molecule has 1 aromatic heterocycles. The van der Waals surface area contributed by atoms with Crippen LogP contribution in [0.3, 0.4) is 0 Å². The third-order valence-corrected chi connectivity index (χ3v) is 6.25. The Morgan fingerprint density at radius 1 is 1.15 bits per heavy atom. The van der Waals surface area contributed by atoms with Gasteiger partial charge < -0.3 is 20.7 Å². The van der Waals surface area contributed by atoms with E-state index in [-0.39, 0.29) is 16.7 Å². The molecule has 1 saturated heterocycles. The Labute approximate surface area is 201 Å². The summed E-state index contributed by atoms with van der Waals surface area (Å²) >= 11 is 12.3. The summed E-state index contributed by atoms with van der Waals surface area (Å²) in [5.41, 5.74) is 8.58. The average Bonchev–Trinajstić information content (AvgIpc) is 2.83. The van der Waals surface area contributed by atoms with Crippen LogP contribution in [0.4, 0.5) is 10.2 Å². The fourth-order valence-electron chi connectivity index (χ4n) is 3.73. The van der Waals surface area contributed by atoms with Gasteiger partial charge in [0.15, 0.2) is 11.6 Å². The van der Waals surface area contributed by atoms with Crippen LogP contribution in [0, 0.1) is 5.82 Å². The largest absolute Gasteiger partial charge is 0.482 e. The molecule has 3 N–H and O–H groups in total. The van der Waals surface area contributed by atoms with Gasteiger partial charge in [0.1, 0.15) is 11.9 Å². The molecule has 1 atom stereocenters. The number of hydrogen-bond acceptors (Lipinski definition) is 5. The number of ether oxygens (including phenoxy) is 1. The van der Waals surface area contributed by atoms with Gasteiger partial charge >= 0.3 is 0 Å². The van der Waals surface area contributed by atoms with Crippen LogP contribution in [0.2, 0.25) is 10.0 Å². The van der Waals surface area contributed by atoms with Gasteiger partial charge in [0.25, 0.3) is 5.91 Å². The summed E-state index contributed by atoms with van der Waals surface area (Å²) in [4.78, 5) is 18.7. The summed E-state index contributed by atoms with van der Waals surface area (Å²) in [5, 5.41) is 3.44. The fourth-order valence-corrected chi connectivity index (χ4v) is 4.41. The molecule has 2 heterocycles. The van der Waals surface area contributed by atoms with Gasteiger partial charge in [0.2, 0.25) is 0 Å². The molecule has 0 bridgehead atoms. The second-order valence-electron chi connectivity index (χ2n) is 7.74. The molecule has 1 fully saturated rings. The molecule has 9 heteroatoms. The molecule has 1 aliphatic rings. The van der Waals surface area contributed by atoms with E-state index in [1.54, 1.807) is 31.3 Å². The first-order valence-electron chi connectivity index (χ1n) is 10.5. The monoisotopic (exact) mass is 488 g/mol. The normalized spacial score (nSPS) is 14.7. The van der Waals surface area contributed by atoms with Gasteiger partial charge in [-0.15, -0.1) is 0 Å². The van der Waals surface area contributed by atoms with Crippen LogP contribution < -0.4 is 15.8 Å². The maximum Gasteiger partial charge on any atom is 0.253 e. The van der Waals surface area contributed by atoms with Gasteiger partial charge in [-0.25, -0.2) is 9.37 Å². The van der Waals surface area contributed by atoms with Gasteiger partial charge in [-0.1, -0.05) is 35.3 Å². The van der Waals surface area contributed by atoms with Crippen molar-refractivity contribution in [3.05, 3.63) is 75.7 Å². The van der Waals surface area contributed by atoms with Crippen molar-refractivity contribution in [3.63, 3.8) is 0 Å². The first-order valence-corrected chi connectivity index (χ1v) is 11.3. The van der Waals surface area contributed by atoms with E-state index in [4.69, 9.17) is 33.7 Å². The number of nitrogen functional groups attached to an aromatic ring is 1. The Kier molecular flexibility index (Phi) is 7.02. The Bertz CT molecular complexity index is 1170. The van der Waals surface area contributed by atoms with Crippen molar-refractivity contribution in [2.75, 3.05) is 31.9 Å². The molecule has 3 aromatic rings. The number of benzene rings is 2.